The second kappa shape index (κ2) is 7.66. The van der Waals surface area contributed by atoms with Crippen molar-refractivity contribution in [2.24, 2.45) is 0 Å². The summed E-state index contributed by atoms with van der Waals surface area (Å²) in [5, 5.41) is 4.08. The van der Waals surface area contributed by atoms with Crippen LogP contribution in [0.5, 0.6) is 0 Å². The van der Waals surface area contributed by atoms with Crippen molar-refractivity contribution in [1.29, 1.82) is 0 Å². The van der Waals surface area contributed by atoms with Crippen LogP contribution in [0.4, 0.5) is 0 Å². The summed E-state index contributed by atoms with van der Waals surface area (Å²) < 4.78 is 0. The molecule has 0 amide bonds. The molecule has 0 bridgehead atoms. The zero-order valence-electron chi connectivity index (χ0n) is 5.63. The second-order valence-electron chi connectivity index (χ2n) is 1.81. The summed E-state index contributed by atoms with van der Waals surface area (Å²) in [5.41, 5.74) is 0. The molecule has 2 radical (unpaired) electrons. The molecular formula is C6H12Se3. The predicted octanol–water partition coefficient (Wildman–Crippen LogP) is 1.48. The fraction of sp³-hybridized carbons (Fsp3) is 1.00. The average molecular weight is 321 g/mol. The van der Waals surface area contributed by atoms with E-state index in [2.05, 4.69) is 38.9 Å². The summed E-state index contributed by atoms with van der Waals surface area (Å²) in [6.45, 7) is 2.25. The SMILES string of the molecule is CCC([Se])C[Se]CC[Se]. The number of rotatable bonds is 5. The topological polar surface area (TPSA) is 0 Å². The maximum absolute atomic E-state index is 3.19. The van der Waals surface area contributed by atoms with Crippen molar-refractivity contribution in [2.45, 2.75) is 34.1 Å². The Morgan fingerprint density at radius 3 is 2.67 bits per heavy atom. The summed E-state index contributed by atoms with van der Waals surface area (Å²) in [7, 11) is 0. The van der Waals surface area contributed by atoms with Gasteiger partial charge in [0.25, 0.3) is 0 Å². The zero-order chi connectivity index (χ0) is 7.11. The van der Waals surface area contributed by atoms with Crippen LogP contribution in [0.15, 0.2) is 0 Å². The Balaban J connectivity index is 2.88. The van der Waals surface area contributed by atoms with Crippen molar-refractivity contribution in [3.63, 3.8) is 0 Å². The van der Waals surface area contributed by atoms with Gasteiger partial charge in [-0.05, 0) is 0 Å². The first-order valence-corrected chi connectivity index (χ1v) is 7.75. The van der Waals surface area contributed by atoms with Gasteiger partial charge >= 0.3 is 81.1 Å². The van der Waals surface area contributed by atoms with Gasteiger partial charge in [-0.15, -0.1) is 0 Å². The average Bonchev–Trinajstić information content (AvgIpc) is 1.89. The molecule has 9 heavy (non-hydrogen) atoms. The monoisotopic (exact) mass is 324 g/mol. The Morgan fingerprint density at radius 2 is 2.22 bits per heavy atom. The van der Waals surface area contributed by atoms with E-state index in [1.807, 2.05) is 0 Å². The molecule has 0 aromatic carbocycles. The van der Waals surface area contributed by atoms with Crippen molar-refractivity contribution in [3.05, 3.63) is 0 Å². The molecule has 1 unspecified atom stereocenters. The molecule has 0 fully saturated rings. The summed E-state index contributed by atoms with van der Waals surface area (Å²) in [6.07, 6.45) is 1.30. The molecule has 0 aromatic heterocycles. The molecule has 0 aliphatic carbocycles. The van der Waals surface area contributed by atoms with E-state index < -0.39 is 0 Å². The Kier molecular flexibility index (Phi) is 8.99. The quantitative estimate of drug-likeness (QED) is 0.532. The summed E-state index contributed by atoms with van der Waals surface area (Å²) >= 11 is 7.12. The third-order valence-corrected chi connectivity index (χ3v) is 7.22. The van der Waals surface area contributed by atoms with Gasteiger partial charge in [0.05, 0.1) is 0 Å². The molecule has 0 saturated carbocycles. The molecule has 0 aromatic rings. The van der Waals surface area contributed by atoms with E-state index in [0.717, 1.165) is 19.8 Å². The van der Waals surface area contributed by atoms with Crippen LogP contribution in [-0.4, -0.2) is 47.0 Å². The first-order chi connectivity index (χ1) is 4.31. The summed E-state index contributed by atoms with van der Waals surface area (Å²) in [6, 6.07) is 0. The van der Waals surface area contributed by atoms with Gasteiger partial charge in [-0.25, -0.2) is 0 Å². The Morgan fingerprint density at radius 1 is 1.56 bits per heavy atom. The van der Waals surface area contributed by atoms with Gasteiger partial charge in [0.2, 0.25) is 0 Å². The van der Waals surface area contributed by atoms with E-state index >= 15 is 0 Å². The van der Waals surface area contributed by atoms with Gasteiger partial charge in [0, 0.05) is 0 Å². The van der Waals surface area contributed by atoms with Crippen LogP contribution in [0.3, 0.4) is 0 Å². The molecule has 0 rings (SSSR count). The molecule has 0 saturated heterocycles. The molecule has 0 heterocycles. The van der Waals surface area contributed by atoms with Crippen molar-refractivity contribution in [3.8, 4) is 0 Å². The molecule has 1 atom stereocenters. The van der Waals surface area contributed by atoms with Crippen LogP contribution < -0.4 is 0 Å². The van der Waals surface area contributed by atoms with E-state index in [0.29, 0.717) is 0 Å². The normalized spacial score (nSPS) is 13.7. The summed E-state index contributed by atoms with van der Waals surface area (Å²) in [5.74, 6) is 0. The molecule has 54 valence electrons. The van der Waals surface area contributed by atoms with Gasteiger partial charge in [-0.3, -0.25) is 0 Å². The van der Waals surface area contributed by atoms with Gasteiger partial charge in [-0.1, -0.05) is 0 Å². The molecule has 0 N–H and O–H groups in total. The fourth-order valence-corrected chi connectivity index (χ4v) is 4.37. The van der Waals surface area contributed by atoms with E-state index in [9.17, 15) is 0 Å². The van der Waals surface area contributed by atoms with Crippen molar-refractivity contribution < 1.29 is 0 Å². The molecule has 0 aliphatic rings. The molecule has 0 nitrogen and oxygen atoms in total. The van der Waals surface area contributed by atoms with E-state index in [1.165, 1.54) is 22.4 Å². The van der Waals surface area contributed by atoms with E-state index in [4.69, 9.17) is 0 Å². The minimum absolute atomic E-state index is 0.844. The fourth-order valence-electron chi connectivity index (χ4n) is 0.392. The van der Waals surface area contributed by atoms with Crippen molar-refractivity contribution in [1.82, 2.24) is 0 Å². The van der Waals surface area contributed by atoms with Gasteiger partial charge < -0.3 is 0 Å². The predicted molar refractivity (Wildman–Crippen MR) is 45.7 cm³/mol. The third kappa shape index (κ3) is 7.46. The van der Waals surface area contributed by atoms with Crippen LogP contribution in [0.1, 0.15) is 13.3 Å². The zero-order valence-corrected chi connectivity index (χ0v) is 10.8. The van der Waals surface area contributed by atoms with Gasteiger partial charge in [-0.2, -0.15) is 0 Å². The van der Waals surface area contributed by atoms with E-state index in [1.54, 1.807) is 0 Å². The molecule has 3 heteroatoms. The molecule has 0 spiro atoms. The van der Waals surface area contributed by atoms with Gasteiger partial charge in [0.1, 0.15) is 0 Å². The van der Waals surface area contributed by atoms with Crippen molar-refractivity contribution >= 4 is 47.0 Å². The van der Waals surface area contributed by atoms with Crippen LogP contribution in [0, 0.1) is 0 Å². The van der Waals surface area contributed by atoms with Crippen LogP contribution >= 0.6 is 0 Å². The number of hydrogen-bond acceptors (Lipinski definition) is 0. The maximum atomic E-state index is 3.19. The van der Waals surface area contributed by atoms with Crippen LogP contribution in [0.25, 0.3) is 0 Å². The standard InChI is InChI=1S/C6H12Se3/c1-2-6(8)5-9-4-3-7/h6H,2-5H2,1H3. The number of hydrogen-bond donors (Lipinski definition) is 0. The molecular weight excluding hydrogens is 309 g/mol. The Hall–Kier alpha value is 1.56. The minimum atomic E-state index is 0.844. The summed E-state index contributed by atoms with van der Waals surface area (Å²) in [4.78, 5) is 0.844. The molecule has 0 aliphatic heterocycles. The van der Waals surface area contributed by atoms with Crippen molar-refractivity contribution in [2.75, 3.05) is 0 Å². The third-order valence-electron chi connectivity index (χ3n) is 0.987. The van der Waals surface area contributed by atoms with E-state index in [-0.39, 0.29) is 0 Å². The second-order valence-corrected chi connectivity index (χ2v) is 6.48. The Bertz CT molecular complexity index is 56.3. The Labute approximate surface area is 80.7 Å². The van der Waals surface area contributed by atoms with Gasteiger partial charge in [0.15, 0.2) is 0 Å². The first-order valence-electron chi connectivity index (χ1n) is 3.13. The first kappa shape index (κ1) is 10.6. The van der Waals surface area contributed by atoms with Crippen LogP contribution in [0.2, 0.25) is 20.8 Å². The van der Waals surface area contributed by atoms with Crippen LogP contribution in [-0.2, 0) is 0 Å².